The lowest BCUT2D eigenvalue weighted by atomic mass is 10.0. The summed E-state index contributed by atoms with van der Waals surface area (Å²) in [5, 5.41) is 4.37. The fraction of sp³-hybridized carbons (Fsp3) is 0.238. The van der Waals surface area contributed by atoms with Gasteiger partial charge in [0.1, 0.15) is 5.82 Å². The van der Waals surface area contributed by atoms with Crippen molar-refractivity contribution in [2.24, 2.45) is 0 Å². The zero-order chi connectivity index (χ0) is 20.5. The van der Waals surface area contributed by atoms with Gasteiger partial charge in [-0.2, -0.15) is 13.2 Å². The number of alkyl halides is 3. The van der Waals surface area contributed by atoms with Crippen molar-refractivity contribution in [2.75, 3.05) is 18.9 Å². The third-order valence-corrected chi connectivity index (χ3v) is 4.62. The van der Waals surface area contributed by atoms with Crippen molar-refractivity contribution >= 4 is 28.2 Å². The highest BCUT2D eigenvalue weighted by molar-refractivity contribution is 6.10. The molecule has 0 fully saturated rings. The number of benzene rings is 2. The SMILES string of the molecule is CCN(C)C(=O)c1cnc(Nc2cccc(C(F)(F)F)c2)c2cccc(C)c12. The Hall–Kier alpha value is -3.09. The van der Waals surface area contributed by atoms with Crippen LogP contribution in [0.15, 0.2) is 48.7 Å². The van der Waals surface area contributed by atoms with Gasteiger partial charge in [0.25, 0.3) is 5.91 Å². The lowest BCUT2D eigenvalue weighted by Crippen LogP contribution is -2.26. The summed E-state index contributed by atoms with van der Waals surface area (Å²) in [6.45, 7) is 4.32. The highest BCUT2D eigenvalue weighted by Gasteiger charge is 2.30. The van der Waals surface area contributed by atoms with Gasteiger partial charge in [0, 0.05) is 36.2 Å². The smallest absolute Gasteiger partial charge is 0.342 e. The molecule has 0 radical (unpaired) electrons. The van der Waals surface area contributed by atoms with Gasteiger partial charge in [0.05, 0.1) is 11.1 Å². The molecule has 28 heavy (non-hydrogen) atoms. The summed E-state index contributed by atoms with van der Waals surface area (Å²) in [7, 11) is 1.71. The number of fused-ring (bicyclic) bond motifs is 1. The molecule has 4 nitrogen and oxygen atoms in total. The molecule has 0 saturated carbocycles. The maximum Gasteiger partial charge on any atom is 0.416 e. The van der Waals surface area contributed by atoms with Crippen molar-refractivity contribution in [1.29, 1.82) is 0 Å². The second kappa shape index (κ2) is 7.50. The van der Waals surface area contributed by atoms with Crippen LogP contribution in [0.5, 0.6) is 0 Å². The van der Waals surface area contributed by atoms with Crippen molar-refractivity contribution in [3.63, 3.8) is 0 Å². The van der Waals surface area contributed by atoms with Crippen molar-refractivity contribution in [3.8, 4) is 0 Å². The number of rotatable bonds is 4. The number of hydrogen-bond donors (Lipinski definition) is 1. The van der Waals surface area contributed by atoms with E-state index in [1.165, 1.54) is 12.3 Å². The highest BCUT2D eigenvalue weighted by Crippen LogP contribution is 2.33. The number of nitrogens with zero attached hydrogens (tertiary/aromatic N) is 2. The van der Waals surface area contributed by atoms with Gasteiger partial charge in [-0.3, -0.25) is 4.79 Å². The molecule has 1 N–H and O–H groups in total. The van der Waals surface area contributed by atoms with Crippen LogP contribution in [0, 0.1) is 6.92 Å². The summed E-state index contributed by atoms with van der Waals surface area (Å²) >= 11 is 0. The first-order valence-electron chi connectivity index (χ1n) is 8.80. The van der Waals surface area contributed by atoms with E-state index < -0.39 is 11.7 Å². The van der Waals surface area contributed by atoms with Gasteiger partial charge in [0.2, 0.25) is 0 Å². The van der Waals surface area contributed by atoms with Crippen molar-refractivity contribution < 1.29 is 18.0 Å². The lowest BCUT2D eigenvalue weighted by Gasteiger charge is -2.18. The number of pyridine rings is 1. The van der Waals surface area contributed by atoms with Crippen molar-refractivity contribution in [3.05, 3.63) is 65.4 Å². The quantitative estimate of drug-likeness (QED) is 0.652. The summed E-state index contributed by atoms with van der Waals surface area (Å²) in [5.41, 5.74) is 0.885. The van der Waals surface area contributed by atoms with Crippen LogP contribution in [0.1, 0.15) is 28.4 Å². The second-order valence-electron chi connectivity index (χ2n) is 6.54. The maximum atomic E-state index is 13.0. The molecule has 0 aliphatic carbocycles. The molecule has 7 heteroatoms. The van der Waals surface area contributed by atoms with Gasteiger partial charge in [-0.05, 0) is 37.6 Å². The number of halogens is 3. The molecular weight excluding hydrogens is 367 g/mol. The molecule has 1 heterocycles. The topological polar surface area (TPSA) is 45.2 Å². The first kappa shape index (κ1) is 19.7. The van der Waals surface area contributed by atoms with E-state index in [2.05, 4.69) is 10.3 Å². The molecule has 0 bridgehead atoms. The van der Waals surface area contributed by atoms with E-state index >= 15 is 0 Å². The molecule has 3 rings (SSSR count). The number of aryl methyl sites for hydroxylation is 1. The molecular formula is C21H20F3N3O. The van der Waals surface area contributed by atoms with Crippen LogP contribution >= 0.6 is 0 Å². The minimum Gasteiger partial charge on any atom is -0.342 e. The van der Waals surface area contributed by atoms with E-state index in [0.29, 0.717) is 23.3 Å². The summed E-state index contributed by atoms with van der Waals surface area (Å²) < 4.78 is 38.9. The minimum atomic E-state index is -4.43. The Kier molecular flexibility index (Phi) is 5.27. The molecule has 0 aliphatic rings. The van der Waals surface area contributed by atoms with Crippen LogP contribution in [-0.4, -0.2) is 29.4 Å². The standard InChI is InChI=1S/C21H20F3N3O/c1-4-27(3)20(28)17-12-25-19(16-10-5-7-13(2)18(16)17)26-15-9-6-8-14(11-15)21(22,23)24/h5-12H,4H2,1-3H3,(H,25,26). The average molecular weight is 387 g/mol. The number of hydrogen-bond acceptors (Lipinski definition) is 3. The third kappa shape index (κ3) is 3.78. The molecule has 0 atom stereocenters. The molecule has 3 aromatic rings. The van der Waals surface area contributed by atoms with E-state index in [9.17, 15) is 18.0 Å². The molecule has 1 amide bonds. The van der Waals surface area contributed by atoms with Crippen molar-refractivity contribution in [2.45, 2.75) is 20.0 Å². The Morgan fingerprint density at radius 2 is 1.89 bits per heavy atom. The van der Waals surface area contributed by atoms with E-state index in [1.807, 2.05) is 26.0 Å². The van der Waals surface area contributed by atoms with E-state index in [4.69, 9.17) is 0 Å². The fourth-order valence-electron chi connectivity index (χ4n) is 3.01. The number of carbonyl (C=O) groups is 1. The Morgan fingerprint density at radius 3 is 2.57 bits per heavy atom. The largest absolute Gasteiger partial charge is 0.416 e. The van der Waals surface area contributed by atoms with Crippen LogP contribution in [0.25, 0.3) is 10.8 Å². The summed E-state index contributed by atoms with van der Waals surface area (Å²) in [4.78, 5) is 18.6. The molecule has 0 aliphatic heterocycles. The number of amides is 1. The van der Waals surface area contributed by atoms with Crippen LogP contribution in [0.4, 0.5) is 24.7 Å². The van der Waals surface area contributed by atoms with Gasteiger partial charge < -0.3 is 10.2 Å². The molecule has 0 spiro atoms. The number of carbonyl (C=O) groups excluding carboxylic acids is 1. The van der Waals surface area contributed by atoms with Gasteiger partial charge in [-0.25, -0.2) is 4.98 Å². The number of anilines is 2. The van der Waals surface area contributed by atoms with Crippen LogP contribution in [-0.2, 0) is 6.18 Å². The van der Waals surface area contributed by atoms with Gasteiger partial charge in [-0.15, -0.1) is 0 Å². The zero-order valence-corrected chi connectivity index (χ0v) is 15.8. The molecule has 146 valence electrons. The molecule has 0 saturated heterocycles. The summed E-state index contributed by atoms with van der Waals surface area (Å²) in [6, 6.07) is 10.5. The zero-order valence-electron chi connectivity index (χ0n) is 15.8. The molecule has 2 aromatic carbocycles. The number of nitrogens with one attached hydrogen (secondary N) is 1. The maximum absolute atomic E-state index is 13.0. The predicted molar refractivity (Wildman–Crippen MR) is 104 cm³/mol. The Balaban J connectivity index is 2.09. The van der Waals surface area contributed by atoms with Crippen LogP contribution in [0.2, 0.25) is 0 Å². The summed E-state index contributed by atoms with van der Waals surface area (Å²) in [5.74, 6) is 0.244. The Labute approximate surface area is 161 Å². The van der Waals surface area contributed by atoms with Crippen molar-refractivity contribution in [1.82, 2.24) is 9.88 Å². The second-order valence-corrected chi connectivity index (χ2v) is 6.54. The van der Waals surface area contributed by atoms with Gasteiger partial charge in [0.15, 0.2) is 0 Å². The molecule has 0 unspecified atom stereocenters. The van der Waals surface area contributed by atoms with Crippen LogP contribution < -0.4 is 5.32 Å². The summed E-state index contributed by atoms with van der Waals surface area (Å²) in [6.07, 6.45) is -2.95. The third-order valence-electron chi connectivity index (χ3n) is 4.62. The van der Waals surface area contributed by atoms with Gasteiger partial charge >= 0.3 is 6.18 Å². The van der Waals surface area contributed by atoms with E-state index in [-0.39, 0.29) is 11.6 Å². The Bertz CT molecular complexity index is 1030. The number of aromatic nitrogens is 1. The van der Waals surface area contributed by atoms with Gasteiger partial charge in [-0.1, -0.05) is 24.3 Å². The first-order chi connectivity index (χ1) is 13.2. The highest BCUT2D eigenvalue weighted by atomic mass is 19.4. The Morgan fingerprint density at radius 1 is 1.18 bits per heavy atom. The van der Waals surface area contributed by atoms with E-state index in [1.54, 1.807) is 24.1 Å². The first-order valence-corrected chi connectivity index (χ1v) is 8.80. The van der Waals surface area contributed by atoms with E-state index in [0.717, 1.165) is 23.1 Å². The minimum absolute atomic E-state index is 0.153. The monoisotopic (exact) mass is 387 g/mol. The normalized spacial score (nSPS) is 11.5. The lowest BCUT2D eigenvalue weighted by molar-refractivity contribution is -0.137. The fourth-order valence-corrected chi connectivity index (χ4v) is 3.01. The average Bonchev–Trinajstić information content (AvgIpc) is 2.67. The van der Waals surface area contributed by atoms with Crippen LogP contribution in [0.3, 0.4) is 0 Å². The predicted octanol–water partition coefficient (Wildman–Crippen LogP) is 5.40. The molecule has 1 aromatic heterocycles.